The molecule has 3 rings (SSSR count). The first-order valence-corrected chi connectivity index (χ1v) is 8.72. The largest absolute Gasteiger partial charge is 0.491 e. The molecule has 25 heavy (non-hydrogen) atoms. The average molecular weight is 339 g/mol. The van der Waals surface area contributed by atoms with Crippen LogP contribution in [-0.2, 0) is 13.6 Å². The minimum absolute atomic E-state index is 0.483. The van der Waals surface area contributed by atoms with E-state index in [2.05, 4.69) is 32.3 Å². The second kappa shape index (κ2) is 8.15. The molecule has 2 heterocycles. The van der Waals surface area contributed by atoms with Crippen molar-refractivity contribution in [3.63, 3.8) is 0 Å². The van der Waals surface area contributed by atoms with Gasteiger partial charge >= 0.3 is 0 Å². The first-order valence-electron chi connectivity index (χ1n) is 8.72. The lowest BCUT2D eigenvalue weighted by atomic mass is 10.2. The first-order chi connectivity index (χ1) is 12.2. The molecule has 0 amide bonds. The summed E-state index contributed by atoms with van der Waals surface area (Å²) in [5.41, 5.74) is 0.593. The van der Waals surface area contributed by atoms with Gasteiger partial charge in [-0.2, -0.15) is 5.26 Å². The van der Waals surface area contributed by atoms with Crippen molar-refractivity contribution in [1.82, 2.24) is 19.4 Å². The number of ether oxygens (including phenoxy) is 1. The second-order valence-corrected chi connectivity index (χ2v) is 6.53. The minimum Gasteiger partial charge on any atom is -0.491 e. The fourth-order valence-corrected chi connectivity index (χ4v) is 3.21. The number of piperazine rings is 1. The summed E-state index contributed by atoms with van der Waals surface area (Å²) < 4.78 is 7.89. The zero-order chi connectivity index (χ0) is 17.6. The van der Waals surface area contributed by atoms with E-state index in [1.165, 1.54) is 0 Å². The summed E-state index contributed by atoms with van der Waals surface area (Å²) >= 11 is 0. The summed E-state index contributed by atoms with van der Waals surface area (Å²) in [5, 5.41) is 9.10. The Labute approximate surface area is 149 Å². The van der Waals surface area contributed by atoms with E-state index in [9.17, 15) is 0 Å². The van der Waals surface area contributed by atoms with Crippen molar-refractivity contribution in [1.29, 1.82) is 5.26 Å². The van der Waals surface area contributed by atoms with E-state index in [4.69, 9.17) is 10.00 Å². The maximum atomic E-state index is 9.10. The number of nitrogens with zero attached hydrogens (tertiary/aromatic N) is 5. The molecule has 0 aliphatic carbocycles. The Morgan fingerprint density at radius 1 is 1.32 bits per heavy atom. The first kappa shape index (κ1) is 17.5. The smallest absolute Gasteiger partial charge is 0.137 e. The molecule has 2 aromatic rings. The molecular formula is C19H25N5O. The number of hydrogen-bond donors (Lipinski definition) is 0. The number of rotatable bonds is 6. The normalized spacial score (nSPS) is 18.8. The summed E-state index contributed by atoms with van der Waals surface area (Å²) in [6.45, 7) is 7.71. The molecule has 6 heteroatoms. The SMILES string of the molecule is C[C@H]1CN(CCOc2ccccc2C#N)CCN1Cc1nccn1C. The number of para-hydroxylation sites is 1. The maximum absolute atomic E-state index is 9.10. The number of hydrogen-bond acceptors (Lipinski definition) is 5. The van der Waals surface area contributed by atoms with Crippen LogP contribution in [0, 0.1) is 11.3 Å². The molecule has 1 fully saturated rings. The minimum atomic E-state index is 0.483. The van der Waals surface area contributed by atoms with E-state index in [1.54, 1.807) is 6.07 Å². The Balaban J connectivity index is 1.45. The Morgan fingerprint density at radius 2 is 2.16 bits per heavy atom. The lowest BCUT2D eigenvalue weighted by Gasteiger charge is -2.39. The molecule has 0 radical (unpaired) electrons. The van der Waals surface area contributed by atoms with E-state index < -0.39 is 0 Å². The lowest BCUT2D eigenvalue weighted by molar-refractivity contribution is 0.0665. The predicted octanol–water partition coefficient (Wildman–Crippen LogP) is 1.88. The van der Waals surface area contributed by atoms with Gasteiger partial charge in [-0.15, -0.1) is 0 Å². The van der Waals surface area contributed by atoms with Crippen LogP contribution < -0.4 is 4.74 Å². The van der Waals surface area contributed by atoms with E-state index in [0.29, 0.717) is 24.0 Å². The van der Waals surface area contributed by atoms with Crippen LogP contribution >= 0.6 is 0 Å². The second-order valence-electron chi connectivity index (χ2n) is 6.53. The summed E-state index contributed by atoms with van der Waals surface area (Å²) in [6.07, 6.45) is 3.85. The van der Waals surface area contributed by atoms with Gasteiger partial charge in [0, 0.05) is 51.7 Å². The molecule has 1 aromatic heterocycles. The monoisotopic (exact) mass is 339 g/mol. The maximum Gasteiger partial charge on any atom is 0.137 e. The fraction of sp³-hybridized carbons (Fsp3) is 0.474. The van der Waals surface area contributed by atoms with Crippen molar-refractivity contribution >= 4 is 0 Å². The molecule has 1 saturated heterocycles. The topological polar surface area (TPSA) is 57.3 Å². The molecule has 6 nitrogen and oxygen atoms in total. The molecule has 1 aromatic carbocycles. The summed E-state index contributed by atoms with van der Waals surface area (Å²) in [6, 6.07) is 10.0. The van der Waals surface area contributed by atoms with Gasteiger partial charge in [-0.1, -0.05) is 12.1 Å². The van der Waals surface area contributed by atoms with Crippen LogP contribution in [-0.4, -0.2) is 58.2 Å². The van der Waals surface area contributed by atoms with Gasteiger partial charge in [0.2, 0.25) is 0 Å². The van der Waals surface area contributed by atoms with Gasteiger partial charge in [-0.3, -0.25) is 9.80 Å². The molecule has 0 bridgehead atoms. The van der Waals surface area contributed by atoms with Gasteiger partial charge in [0.15, 0.2) is 0 Å². The molecule has 0 saturated carbocycles. The van der Waals surface area contributed by atoms with Crippen LogP contribution in [0.4, 0.5) is 0 Å². The van der Waals surface area contributed by atoms with Crippen molar-refractivity contribution in [2.75, 3.05) is 32.8 Å². The van der Waals surface area contributed by atoms with Crippen molar-refractivity contribution in [2.24, 2.45) is 7.05 Å². The van der Waals surface area contributed by atoms with E-state index in [1.807, 2.05) is 37.6 Å². The average Bonchev–Trinajstić information content (AvgIpc) is 3.02. The van der Waals surface area contributed by atoms with Crippen LogP contribution in [0.1, 0.15) is 18.3 Å². The van der Waals surface area contributed by atoms with Crippen molar-refractivity contribution in [3.05, 3.63) is 48.0 Å². The lowest BCUT2D eigenvalue weighted by Crippen LogP contribution is -2.52. The van der Waals surface area contributed by atoms with Crippen LogP contribution in [0.2, 0.25) is 0 Å². The number of benzene rings is 1. The number of nitriles is 1. The summed E-state index contributed by atoms with van der Waals surface area (Å²) in [7, 11) is 2.04. The summed E-state index contributed by atoms with van der Waals surface area (Å²) in [4.78, 5) is 9.33. The highest BCUT2D eigenvalue weighted by Crippen LogP contribution is 2.17. The Hall–Kier alpha value is -2.36. The van der Waals surface area contributed by atoms with Crippen LogP contribution in [0.5, 0.6) is 5.75 Å². The van der Waals surface area contributed by atoms with Crippen LogP contribution in [0.3, 0.4) is 0 Å². The third-order valence-corrected chi connectivity index (χ3v) is 4.79. The van der Waals surface area contributed by atoms with Crippen LogP contribution in [0.25, 0.3) is 0 Å². The molecule has 0 spiro atoms. The molecule has 1 atom stereocenters. The Bertz CT molecular complexity index is 735. The van der Waals surface area contributed by atoms with Gasteiger partial charge in [0.05, 0.1) is 12.1 Å². The van der Waals surface area contributed by atoms with E-state index >= 15 is 0 Å². The van der Waals surface area contributed by atoms with Crippen molar-refractivity contribution in [2.45, 2.75) is 19.5 Å². The highest BCUT2D eigenvalue weighted by molar-refractivity contribution is 5.42. The number of aromatic nitrogens is 2. The van der Waals surface area contributed by atoms with Gasteiger partial charge < -0.3 is 9.30 Å². The predicted molar refractivity (Wildman–Crippen MR) is 96.2 cm³/mol. The van der Waals surface area contributed by atoms with Crippen LogP contribution in [0.15, 0.2) is 36.7 Å². The highest BCUT2D eigenvalue weighted by atomic mass is 16.5. The number of imidazole rings is 1. The molecule has 0 N–H and O–H groups in total. The number of aryl methyl sites for hydroxylation is 1. The van der Waals surface area contributed by atoms with Gasteiger partial charge in [0.25, 0.3) is 0 Å². The van der Waals surface area contributed by atoms with Gasteiger partial charge in [0.1, 0.15) is 24.3 Å². The molecule has 1 aliphatic rings. The third-order valence-electron chi connectivity index (χ3n) is 4.79. The fourth-order valence-electron chi connectivity index (χ4n) is 3.21. The quantitative estimate of drug-likeness (QED) is 0.804. The van der Waals surface area contributed by atoms with Gasteiger partial charge in [-0.05, 0) is 19.1 Å². The summed E-state index contributed by atoms with van der Waals surface area (Å²) in [5.74, 6) is 1.78. The molecular weight excluding hydrogens is 314 g/mol. The van der Waals surface area contributed by atoms with E-state index in [-0.39, 0.29) is 0 Å². The standard InChI is InChI=1S/C19H25N5O/c1-16-14-23(9-10-24(16)15-19-21-7-8-22(19)2)11-12-25-18-6-4-3-5-17(18)13-20/h3-8,16H,9-12,14-15H2,1-2H3/t16-/m0/s1. The highest BCUT2D eigenvalue weighted by Gasteiger charge is 2.24. The van der Waals surface area contributed by atoms with E-state index in [0.717, 1.165) is 38.5 Å². The zero-order valence-electron chi connectivity index (χ0n) is 14.9. The molecule has 0 unspecified atom stereocenters. The third kappa shape index (κ3) is 4.38. The Morgan fingerprint density at radius 3 is 2.88 bits per heavy atom. The zero-order valence-corrected chi connectivity index (χ0v) is 14.9. The molecule has 1 aliphatic heterocycles. The Kier molecular flexibility index (Phi) is 5.69. The van der Waals surface area contributed by atoms with Crippen molar-refractivity contribution in [3.8, 4) is 11.8 Å². The van der Waals surface area contributed by atoms with Gasteiger partial charge in [-0.25, -0.2) is 4.98 Å². The molecule has 132 valence electrons. The van der Waals surface area contributed by atoms with Crippen molar-refractivity contribution < 1.29 is 4.74 Å².